The summed E-state index contributed by atoms with van der Waals surface area (Å²) in [6.07, 6.45) is 2.94. The first-order valence-electron chi connectivity index (χ1n) is 11.5. The molecule has 1 aliphatic heterocycles. The average molecular weight is 428 g/mol. The quantitative estimate of drug-likeness (QED) is 0.764. The molecule has 7 nitrogen and oxygen atoms in total. The van der Waals surface area contributed by atoms with Crippen LogP contribution in [0.2, 0.25) is 0 Å². The summed E-state index contributed by atoms with van der Waals surface area (Å²) in [5.74, 6) is 0.503. The van der Waals surface area contributed by atoms with Crippen molar-refractivity contribution < 1.29 is 9.59 Å². The van der Waals surface area contributed by atoms with Gasteiger partial charge in [0.1, 0.15) is 0 Å². The van der Waals surface area contributed by atoms with E-state index in [1.165, 1.54) is 0 Å². The van der Waals surface area contributed by atoms with Crippen molar-refractivity contribution in [2.75, 3.05) is 13.1 Å². The van der Waals surface area contributed by atoms with Gasteiger partial charge in [0.2, 0.25) is 11.8 Å². The van der Waals surface area contributed by atoms with Gasteiger partial charge in [0, 0.05) is 54.3 Å². The van der Waals surface area contributed by atoms with Gasteiger partial charge in [-0.2, -0.15) is 5.10 Å². The van der Waals surface area contributed by atoms with Gasteiger partial charge in [-0.05, 0) is 45.6 Å². The standard InChI is InChI=1S/C24H37N5O2/c1-8-15(2)25-22(30)10-9-19-16(3)26-21-13-20(27-29(21)17(19)4)18-11-12-28(14-18)23(31)24(5,6)7/h13,15,18H,8-12,14H2,1-7H3,(H,25,30)/t15-,18+/m1/s1. The van der Waals surface area contributed by atoms with Crippen LogP contribution in [0.4, 0.5) is 0 Å². The third-order valence-corrected chi connectivity index (χ3v) is 6.34. The lowest BCUT2D eigenvalue weighted by Crippen LogP contribution is -2.37. The van der Waals surface area contributed by atoms with E-state index in [4.69, 9.17) is 10.1 Å². The third kappa shape index (κ3) is 5.08. The number of nitrogens with one attached hydrogen (secondary N) is 1. The van der Waals surface area contributed by atoms with Crippen LogP contribution in [0.5, 0.6) is 0 Å². The second-order valence-corrected chi connectivity index (χ2v) is 9.96. The van der Waals surface area contributed by atoms with E-state index in [0.29, 0.717) is 19.4 Å². The van der Waals surface area contributed by atoms with Crippen LogP contribution < -0.4 is 5.32 Å². The number of carbonyl (C=O) groups excluding carboxylic acids is 2. The van der Waals surface area contributed by atoms with E-state index >= 15 is 0 Å². The van der Waals surface area contributed by atoms with Gasteiger partial charge in [0.05, 0.1) is 5.69 Å². The van der Waals surface area contributed by atoms with Crippen LogP contribution in [0.15, 0.2) is 6.07 Å². The van der Waals surface area contributed by atoms with Gasteiger partial charge < -0.3 is 10.2 Å². The molecule has 0 bridgehead atoms. The van der Waals surface area contributed by atoms with Gasteiger partial charge in [-0.1, -0.05) is 27.7 Å². The highest BCUT2D eigenvalue weighted by Gasteiger charge is 2.34. The zero-order chi connectivity index (χ0) is 22.9. The zero-order valence-corrected chi connectivity index (χ0v) is 20.1. The van der Waals surface area contributed by atoms with Gasteiger partial charge in [-0.25, -0.2) is 9.50 Å². The predicted octanol–water partition coefficient (Wildman–Crippen LogP) is 3.56. The third-order valence-electron chi connectivity index (χ3n) is 6.34. The van der Waals surface area contributed by atoms with Gasteiger partial charge in [0.15, 0.2) is 5.65 Å². The number of aromatic nitrogens is 3. The number of hydrogen-bond acceptors (Lipinski definition) is 4. The summed E-state index contributed by atoms with van der Waals surface area (Å²) in [4.78, 5) is 31.6. The van der Waals surface area contributed by atoms with Gasteiger partial charge in [0.25, 0.3) is 0 Å². The predicted molar refractivity (Wildman–Crippen MR) is 122 cm³/mol. The molecule has 0 aromatic carbocycles. The van der Waals surface area contributed by atoms with Crippen LogP contribution in [0.1, 0.15) is 82.4 Å². The van der Waals surface area contributed by atoms with Crippen LogP contribution in [0.25, 0.3) is 5.65 Å². The van der Waals surface area contributed by atoms with E-state index in [1.807, 2.05) is 51.0 Å². The summed E-state index contributed by atoms with van der Waals surface area (Å²) in [5.41, 5.74) is 4.52. The summed E-state index contributed by atoms with van der Waals surface area (Å²) in [6, 6.07) is 2.25. The molecule has 1 fully saturated rings. The lowest BCUT2D eigenvalue weighted by Gasteiger charge is -2.25. The van der Waals surface area contributed by atoms with Crippen molar-refractivity contribution in [1.29, 1.82) is 0 Å². The topological polar surface area (TPSA) is 79.6 Å². The van der Waals surface area contributed by atoms with Gasteiger partial charge >= 0.3 is 0 Å². The number of likely N-dealkylation sites (tertiary alicyclic amines) is 1. The molecular formula is C24H37N5O2. The molecule has 1 saturated heterocycles. The Balaban J connectivity index is 1.77. The number of aryl methyl sites for hydroxylation is 2. The first-order valence-corrected chi connectivity index (χ1v) is 11.5. The maximum atomic E-state index is 12.6. The van der Waals surface area contributed by atoms with Crippen LogP contribution in [-0.4, -0.2) is 50.4 Å². The summed E-state index contributed by atoms with van der Waals surface area (Å²) in [6.45, 7) is 15.5. The highest BCUT2D eigenvalue weighted by Crippen LogP contribution is 2.30. The molecule has 3 rings (SSSR count). The van der Waals surface area contributed by atoms with Gasteiger partial charge in [-0.15, -0.1) is 0 Å². The fourth-order valence-electron chi connectivity index (χ4n) is 4.25. The Hall–Kier alpha value is -2.44. The minimum atomic E-state index is -0.362. The van der Waals surface area contributed by atoms with Crippen LogP contribution >= 0.6 is 0 Å². The Morgan fingerprint density at radius 3 is 2.65 bits per heavy atom. The largest absolute Gasteiger partial charge is 0.354 e. The maximum absolute atomic E-state index is 12.6. The molecule has 2 atom stereocenters. The summed E-state index contributed by atoms with van der Waals surface area (Å²) in [7, 11) is 0. The van der Waals surface area contributed by atoms with Crippen molar-refractivity contribution in [2.45, 2.75) is 86.1 Å². The number of nitrogens with zero attached hydrogens (tertiary/aromatic N) is 4. The molecule has 0 aliphatic carbocycles. The monoisotopic (exact) mass is 427 g/mol. The molecule has 1 aliphatic rings. The fourth-order valence-corrected chi connectivity index (χ4v) is 4.25. The number of amides is 2. The molecule has 2 amide bonds. The van der Waals surface area contributed by atoms with E-state index in [9.17, 15) is 9.59 Å². The normalized spacial score (nSPS) is 17.9. The second-order valence-electron chi connectivity index (χ2n) is 9.96. The fraction of sp³-hybridized carbons (Fsp3) is 0.667. The Kier molecular flexibility index (Phi) is 6.72. The van der Waals surface area contributed by atoms with Crippen molar-refractivity contribution in [3.8, 4) is 0 Å². The highest BCUT2D eigenvalue weighted by molar-refractivity contribution is 5.81. The molecule has 2 aromatic heterocycles. The highest BCUT2D eigenvalue weighted by atomic mass is 16.2. The first-order chi connectivity index (χ1) is 14.5. The van der Waals surface area contributed by atoms with Crippen LogP contribution in [0.3, 0.4) is 0 Å². The number of fused-ring (bicyclic) bond motifs is 1. The van der Waals surface area contributed by atoms with E-state index in [-0.39, 0.29) is 29.2 Å². The smallest absolute Gasteiger partial charge is 0.227 e. The van der Waals surface area contributed by atoms with Crippen LogP contribution in [-0.2, 0) is 16.0 Å². The second kappa shape index (κ2) is 8.97. The maximum Gasteiger partial charge on any atom is 0.227 e. The molecule has 170 valence electrons. The lowest BCUT2D eigenvalue weighted by molar-refractivity contribution is -0.138. The Labute approximate surface area is 185 Å². The Bertz CT molecular complexity index is 972. The average Bonchev–Trinajstić information content (AvgIpc) is 3.33. The minimum Gasteiger partial charge on any atom is -0.354 e. The zero-order valence-electron chi connectivity index (χ0n) is 20.1. The SMILES string of the molecule is CC[C@@H](C)NC(=O)CCc1c(C)nc2cc([C@H]3CCN(C(=O)C(C)(C)C)C3)nn2c1C. The van der Waals surface area contributed by atoms with Crippen molar-refractivity contribution in [3.05, 3.63) is 28.7 Å². The van der Waals surface area contributed by atoms with E-state index in [0.717, 1.165) is 47.7 Å². The molecule has 0 saturated carbocycles. The lowest BCUT2D eigenvalue weighted by atomic mass is 9.95. The summed E-state index contributed by atoms with van der Waals surface area (Å²) in [5, 5.41) is 7.88. The molecular weight excluding hydrogens is 390 g/mol. The summed E-state index contributed by atoms with van der Waals surface area (Å²) < 4.78 is 1.90. The van der Waals surface area contributed by atoms with Crippen molar-refractivity contribution in [1.82, 2.24) is 24.8 Å². The molecule has 31 heavy (non-hydrogen) atoms. The number of rotatable bonds is 6. The molecule has 7 heteroatoms. The van der Waals surface area contributed by atoms with E-state index in [2.05, 4.69) is 18.3 Å². The first kappa shape index (κ1) is 23.2. The Morgan fingerprint density at radius 2 is 2.00 bits per heavy atom. The van der Waals surface area contributed by atoms with E-state index < -0.39 is 0 Å². The molecule has 0 radical (unpaired) electrons. The van der Waals surface area contributed by atoms with Crippen molar-refractivity contribution in [2.24, 2.45) is 5.41 Å². The number of hydrogen-bond donors (Lipinski definition) is 1. The van der Waals surface area contributed by atoms with Crippen LogP contribution in [0, 0.1) is 19.3 Å². The van der Waals surface area contributed by atoms with Crippen molar-refractivity contribution >= 4 is 17.5 Å². The summed E-state index contributed by atoms with van der Waals surface area (Å²) >= 11 is 0. The van der Waals surface area contributed by atoms with Gasteiger partial charge in [-0.3, -0.25) is 9.59 Å². The molecule has 3 heterocycles. The Morgan fingerprint density at radius 1 is 1.29 bits per heavy atom. The minimum absolute atomic E-state index is 0.0731. The molecule has 0 unspecified atom stereocenters. The number of carbonyl (C=O) groups is 2. The van der Waals surface area contributed by atoms with Crippen molar-refractivity contribution in [3.63, 3.8) is 0 Å². The molecule has 2 aromatic rings. The van der Waals surface area contributed by atoms with E-state index in [1.54, 1.807) is 0 Å². The molecule has 0 spiro atoms. The molecule has 1 N–H and O–H groups in total.